The van der Waals surface area contributed by atoms with Gasteiger partial charge in [-0.25, -0.2) is 0 Å². The second-order valence-corrected chi connectivity index (χ2v) is 6.70. The van der Waals surface area contributed by atoms with E-state index >= 15 is 0 Å². The number of nitrogens with one attached hydrogen (secondary N) is 1. The van der Waals surface area contributed by atoms with Crippen LogP contribution < -0.4 is 4.90 Å². The Labute approximate surface area is 123 Å². The van der Waals surface area contributed by atoms with Gasteiger partial charge in [0.2, 0.25) is 0 Å². The van der Waals surface area contributed by atoms with Crippen molar-refractivity contribution in [1.82, 2.24) is 0 Å². The van der Waals surface area contributed by atoms with Crippen LogP contribution in [0.3, 0.4) is 0 Å². The number of carbonyl (C=O) groups is 2. The van der Waals surface area contributed by atoms with Crippen molar-refractivity contribution >= 4 is 11.9 Å². The number of carbonyl (C=O) groups excluding carboxylic acids is 2. The zero-order chi connectivity index (χ0) is 14.4. The van der Waals surface area contributed by atoms with Gasteiger partial charge in [0.1, 0.15) is 32.3 Å². The number of ether oxygens (including phenoxy) is 3. The van der Waals surface area contributed by atoms with Crippen LogP contribution in [0.4, 0.5) is 0 Å². The number of fused-ring (bicyclic) bond motifs is 1. The summed E-state index contributed by atoms with van der Waals surface area (Å²) in [7, 11) is 0. The lowest BCUT2D eigenvalue weighted by atomic mass is 9.80. The number of morpholine rings is 1. The maximum absolute atomic E-state index is 12.3. The Morgan fingerprint density at radius 1 is 1.29 bits per heavy atom. The third-order valence-electron chi connectivity index (χ3n) is 5.66. The van der Waals surface area contributed by atoms with Crippen LogP contribution in [0.2, 0.25) is 0 Å². The highest BCUT2D eigenvalue weighted by atomic mass is 16.6. The standard InChI is InChI=1S/C15H21NO5/c17-14(20-6-3-16-1-4-19-5-2-16)12-9-7-10-11(8-9)21-15(18)13(10)12/h9-13H,1-8H2/p+1. The van der Waals surface area contributed by atoms with E-state index in [1.165, 1.54) is 4.90 Å². The van der Waals surface area contributed by atoms with Crippen LogP contribution in [0.15, 0.2) is 0 Å². The Morgan fingerprint density at radius 2 is 2.10 bits per heavy atom. The van der Waals surface area contributed by atoms with E-state index in [4.69, 9.17) is 14.2 Å². The van der Waals surface area contributed by atoms with Gasteiger partial charge in [0.05, 0.1) is 25.0 Å². The van der Waals surface area contributed by atoms with Crippen molar-refractivity contribution in [3.8, 4) is 0 Å². The molecule has 2 saturated carbocycles. The van der Waals surface area contributed by atoms with Gasteiger partial charge in [-0.1, -0.05) is 0 Å². The summed E-state index contributed by atoms with van der Waals surface area (Å²) in [5, 5.41) is 0. The molecule has 0 aromatic heterocycles. The summed E-state index contributed by atoms with van der Waals surface area (Å²) < 4.78 is 16.1. The van der Waals surface area contributed by atoms with Crippen LogP contribution in [0, 0.1) is 23.7 Å². The molecule has 0 radical (unpaired) electrons. The van der Waals surface area contributed by atoms with Gasteiger partial charge in [-0.2, -0.15) is 0 Å². The number of rotatable bonds is 4. The molecule has 21 heavy (non-hydrogen) atoms. The summed E-state index contributed by atoms with van der Waals surface area (Å²) in [4.78, 5) is 25.6. The summed E-state index contributed by atoms with van der Waals surface area (Å²) in [6, 6.07) is 0. The molecule has 4 fully saturated rings. The lowest BCUT2D eigenvalue weighted by Gasteiger charge is -2.25. The number of esters is 2. The monoisotopic (exact) mass is 296 g/mol. The molecule has 6 heteroatoms. The molecule has 0 spiro atoms. The normalized spacial score (nSPS) is 41.3. The number of hydrogen-bond donors (Lipinski definition) is 1. The third kappa shape index (κ3) is 2.25. The number of quaternary nitrogens is 1. The third-order valence-corrected chi connectivity index (χ3v) is 5.66. The van der Waals surface area contributed by atoms with Crippen molar-refractivity contribution in [2.45, 2.75) is 18.9 Å². The molecule has 5 atom stereocenters. The average Bonchev–Trinajstić information content (AvgIpc) is 3.09. The van der Waals surface area contributed by atoms with Crippen LogP contribution >= 0.6 is 0 Å². The van der Waals surface area contributed by atoms with Crippen molar-refractivity contribution in [3.63, 3.8) is 0 Å². The smallest absolute Gasteiger partial charge is 0.310 e. The first-order valence-corrected chi connectivity index (χ1v) is 8.02. The maximum Gasteiger partial charge on any atom is 0.310 e. The molecule has 5 unspecified atom stereocenters. The van der Waals surface area contributed by atoms with Crippen molar-refractivity contribution < 1.29 is 28.7 Å². The molecule has 116 valence electrons. The largest absolute Gasteiger partial charge is 0.462 e. The summed E-state index contributed by atoms with van der Waals surface area (Å²) in [5.74, 6) is -0.272. The fourth-order valence-electron chi connectivity index (χ4n) is 4.63. The van der Waals surface area contributed by atoms with Crippen LogP contribution in [-0.4, -0.2) is 57.5 Å². The molecule has 2 bridgehead atoms. The fraction of sp³-hybridized carbons (Fsp3) is 0.867. The van der Waals surface area contributed by atoms with Crippen molar-refractivity contribution in [2.24, 2.45) is 23.7 Å². The maximum atomic E-state index is 12.3. The summed E-state index contributed by atoms with van der Waals surface area (Å²) in [6.07, 6.45) is 1.88. The molecule has 6 nitrogen and oxygen atoms in total. The van der Waals surface area contributed by atoms with E-state index in [1.54, 1.807) is 0 Å². The summed E-state index contributed by atoms with van der Waals surface area (Å²) in [5.41, 5.74) is 0. The quantitative estimate of drug-likeness (QED) is 0.649. The molecule has 2 saturated heterocycles. The van der Waals surface area contributed by atoms with E-state index in [-0.39, 0.29) is 35.8 Å². The Balaban J connectivity index is 1.30. The molecule has 2 aliphatic carbocycles. The summed E-state index contributed by atoms with van der Waals surface area (Å²) in [6.45, 7) is 4.78. The van der Waals surface area contributed by atoms with Crippen molar-refractivity contribution in [1.29, 1.82) is 0 Å². The van der Waals surface area contributed by atoms with Gasteiger partial charge in [0, 0.05) is 5.92 Å². The van der Waals surface area contributed by atoms with E-state index in [9.17, 15) is 9.59 Å². The van der Waals surface area contributed by atoms with Crippen molar-refractivity contribution in [2.75, 3.05) is 39.5 Å². The van der Waals surface area contributed by atoms with Crippen molar-refractivity contribution in [3.05, 3.63) is 0 Å². The second-order valence-electron chi connectivity index (χ2n) is 6.70. The van der Waals surface area contributed by atoms with E-state index in [0.717, 1.165) is 45.7 Å². The van der Waals surface area contributed by atoms with Crippen LogP contribution in [0.5, 0.6) is 0 Å². The minimum absolute atomic E-state index is 0.0781. The highest BCUT2D eigenvalue weighted by molar-refractivity contribution is 5.85. The Bertz CT molecular complexity index is 445. The van der Waals surface area contributed by atoms with Gasteiger partial charge in [0.15, 0.2) is 0 Å². The zero-order valence-electron chi connectivity index (χ0n) is 12.1. The first kappa shape index (κ1) is 13.5. The molecular formula is C15H22NO5+. The van der Waals surface area contributed by atoms with E-state index in [1.807, 2.05) is 0 Å². The molecule has 0 aromatic rings. The minimum Gasteiger partial charge on any atom is -0.462 e. The van der Waals surface area contributed by atoms with Gasteiger partial charge in [-0.15, -0.1) is 0 Å². The van der Waals surface area contributed by atoms with Gasteiger partial charge in [0.25, 0.3) is 0 Å². The van der Waals surface area contributed by atoms with Gasteiger partial charge in [-0.05, 0) is 18.8 Å². The fourth-order valence-corrected chi connectivity index (χ4v) is 4.63. The Kier molecular flexibility index (Phi) is 3.38. The highest BCUT2D eigenvalue weighted by Crippen LogP contribution is 2.57. The first-order valence-electron chi connectivity index (χ1n) is 8.02. The lowest BCUT2D eigenvalue weighted by Crippen LogP contribution is -3.14. The highest BCUT2D eigenvalue weighted by Gasteiger charge is 2.64. The molecule has 1 N–H and O–H groups in total. The van der Waals surface area contributed by atoms with Crippen LogP contribution in [-0.2, 0) is 23.8 Å². The topological polar surface area (TPSA) is 66.3 Å². The lowest BCUT2D eigenvalue weighted by molar-refractivity contribution is -0.908. The summed E-state index contributed by atoms with van der Waals surface area (Å²) >= 11 is 0. The average molecular weight is 296 g/mol. The zero-order valence-corrected chi connectivity index (χ0v) is 12.1. The molecule has 4 aliphatic rings. The van der Waals surface area contributed by atoms with Gasteiger partial charge < -0.3 is 19.1 Å². The molecule has 2 heterocycles. The second kappa shape index (κ2) is 5.25. The van der Waals surface area contributed by atoms with Gasteiger partial charge >= 0.3 is 11.9 Å². The van der Waals surface area contributed by atoms with Gasteiger partial charge in [-0.3, -0.25) is 9.59 Å². The number of hydrogen-bond acceptors (Lipinski definition) is 5. The Hall–Kier alpha value is -1.14. The molecular weight excluding hydrogens is 274 g/mol. The SMILES string of the molecule is O=C(OCC[NH+]1CCOCC1)C1C2CC3OC(=O)C1C3C2. The molecule has 0 amide bonds. The minimum atomic E-state index is -0.249. The first-order chi connectivity index (χ1) is 10.2. The molecule has 2 aliphatic heterocycles. The van der Waals surface area contributed by atoms with E-state index in [2.05, 4.69) is 0 Å². The van der Waals surface area contributed by atoms with E-state index < -0.39 is 0 Å². The predicted octanol–water partition coefficient (Wildman–Crippen LogP) is -1.36. The molecule has 4 rings (SSSR count). The Morgan fingerprint density at radius 3 is 2.90 bits per heavy atom. The van der Waals surface area contributed by atoms with E-state index in [0.29, 0.717) is 12.5 Å². The van der Waals surface area contributed by atoms with Crippen LogP contribution in [0.25, 0.3) is 0 Å². The van der Waals surface area contributed by atoms with Crippen LogP contribution in [0.1, 0.15) is 12.8 Å². The molecule has 0 aromatic carbocycles. The predicted molar refractivity (Wildman–Crippen MR) is 70.4 cm³/mol.